The Balaban J connectivity index is 1.38. The second-order valence-electron chi connectivity index (χ2n) is 9.27. The van der Waals surface area contributed by atoms with E-state index in [0.717, 1.165) is 33.7 Å². The van der Waals surface area contributed by atoms with Crippen LogP contribution in [0.3, 0.4) is 0 Å². The van der Waals surface area contributed by atoms with Crippen LogP contribution in [0.5, 0.6) is 0 Å². The Hall–Kier alpha value is -4.52. The average Bonchev–Trinajstić information content (AvgIpc) is 3.34. The number of fused-ring (bicyclic) bond motifs is 1. The lowest BCUT2D eigenvalue weighted by atomic mass is 10.1. The number of carbonyl (C=O) groups excluding carboxylic acids is 1. The van der Waals surface area contributed by atoms with E-state index in [1.165, 1.54) is 17.7 Å². The molecule has 5 aromatic rings. The van der Waals surface area contributed by atoms with Crippen LogP contribution in [0.1, 0.15) is 15.9 Å². The monoisotopic (exact) mass is 491 g/mol. The summed E-state index contributed by atoms with van der Waals surface area (Å²) in [6.45, 7) is 4.23. The number of halogens is 1. The average molecular weight is 492 g/mol. The Labute approximate surface area is 214 Å². The van der Waals surface area contributed by atoms with Crippen LogP contribution in [-0.2, 0) is 0 Å². The van der Waals surface area contributed by atoms with E-state index in [4.69, 9.17) is 9.97 Å². The van der Waals surface area contributed by atoms with E-state index in [0.29, 0.717) is 26.2 Å². The zero-order valence-electron chi connectivity index (χ0n) is 20.5. The Morgan fingerprint density at radius 2 is 1.62 bits per heavy atom. The Kier molecular flexibility index (Phi) is 5.88. The van der Waals surface area contributed by atoms with Crippen LogP contribution < -0.4 is 4.90 Å². The van der Waals surface area contributed by atoms with Crippen LogP contribution in [0.15, 0.2) is 91.4 Å². The molecule has 0 bridgehead atoms. The van der Waals surface area contributed by atoms with Crippen LogP contribution in [0.25, 0.3) is 27.8 Å². The molecule has 3 aromatic carbocycles. The molecule has 0 aliphatic carbocycles. The van der Waals surface area contributed by atoms with E-state index >= 15 is 0 Å². The molecule has 37 heavy (non-hydrogen) atoms. The lowest BCUT2D eigenvalue weighted by molar-refractivity contribution is 0.0742. The molecule has 0 radical (unpaired) electrons. The second kappa shape index (κ2) is 9.50. The first kappa shape index (κ1) is 22.9. The highest BCUT2D eigenvalue weighted by Gasteiger charge is 2.27. The van der Waals surface area contributed by atoms with E-state index in [2.05, 4.69) is 52.9 Å². The first-order valence-corrected chi connectivity index (χ1v) is 12.4. The van der Waals surface area contributed by atoms with Crippen molar-refractivity contribution in [2.24, 2.45) is 0 Å². The molecule has 0 saturated carbocycles. The highest BCUT2D eigenvalue weighted by molar-refractivity contribution is 6.02. The van der Waals surface area contributed by atoms with Crippen LogP contribution in [-0.4, -0.2) is 51.5 Å². The molecular formula is C30H26FN5O. The van der Waals surface area contributed by atoms with Crippen molar-refractivity contribution in [1.82, 2.24) is 19.4 Å². The number of benzene rings is 3. The van der Waals surface area contributed by atoms with Crippen molar-refractivity contribution in [3.63, 3.8) is 0 Å². The number of aromatic nitrogens is 3. The van der Waals surface area contributed by atoms with Crippen molar-refractivity contribution in [3.05, 3.63) is 108 Å². The fourth-order valence-electron chi connectivity index (χ4n) is 5.02. The fourth-order valence-corrected chi connectivity index (χ4v) is 5.02. The summed E-state index contributed by atoms with van der Waals surface area (Å²) in [6.07, 6.45) is 3.74. The molecule has 0 unspecified atom stereocenters. The van der Waals surface area contributed by atoms with Gasteiger partial charge in [0.15, 0.2) is 5.65 Å². The minimum absolute atomic E-state index is 0.113. The maximum Gasteiger partial charge on any atom is 0.256 e. The van der Waals surface area contributed by atoms with Gasteiger partial charge in [-0.3, -0.25) is 4.79 Å². The molecule has 7 heteroatoms. The lowest BCUT2D eigenvalue weighted by Gasteiger charge is -2.35. The summed E-state index contributed by atoms with van der Waals surface area (Å²) in [6, 6.07) is 24.8. The molecule has 6 rings (SSSR count). The van der Waals surface area contributed by atoms with Crippen molar-refractivity contribution in [3.8, 4) is 16.8 Å². The fraction of sp³-hybridized carbons (Fsp3) is 0.167. The summed E-state index contributed by atoms with van der Waals surface area (Å²) >= 11 is 0. The summed E-state index contributed by atoms with van der Waals surface area (Å²) in [5, 5.41) is 0.976. The predicted molar refractivity (Wildman–Crippen MR) is 144 cm³/mol. The molecule has 2 aromatic heterocycles. The maximum atomic E-state index is 14.2. The molecule has 0 atom stereocenters. The number of amides is 1. The molecule has 3 heterocycles. The molecule has 1 amide bonds. The maximum absolute atomic E-state index is 14.2. The number of piperazine rings is 1. The molecule has 0 spiro atoms. The van der Waals surface area contributed by atoms with Crippen molar-refractivity contribution in [2.75, 3.05) is 31.1 Å². The predicted octanol–water partition coefficient (Wildman–Crippen LogP) is 5.50. The zero-order valence-corrected chi connectivity index (χ0v) is 20.5. The number of nitrogens with zero attached hydrogens (tertiary/aromatic N) is 5. The minimum Gasteiger partial charge on any atom is -0.352 e. The quantitative estimate of drug-likeness (QED) is 0.333. The standard InChI is InChI=1S/C30H26FN5O/c1-21-8-7-11-23(18-21)36-19-25(22-9-3-2-4-10-22)27-28(32-20-33-29(27)36)34-14-16-35(17-15-34)30(37)24-12-5-6-13-26(24)31/h2-13,18-20H,14-17H2,1H3. The summed E-state index contributed by atoms with van der Waals surface area (Å²) in [5.74, 6) is 0.0758. The van der Waals surface area contributed by atoms with Gasteiger partial charge >= 0.3 is 0 Å². The largest absolute Gasteiger partial charge is 0.352 e. The van der Waals surface area contributed by atoms with Gasteiger partial charge in [-0.1, -0.05) is 54.6 Å². The van der Waals surface area contributed by atoms with E-state index in [9.17, 15) is 9.18 Å². The van der Waals surface area contributed by atoms with Gasteiger partial charge < -0.3 is 14.4 Å². The summed E-state index contributed by atoms with van der Waals surface area (Å²) in [7, 11) is 0. The number of hydrogen-bond acceptors (Lipinski definition) is 4. The molecule has 1 aliphatic rings. The van der Waals surface area contributed by atoms with Gasteiger partial charge in [0.2, 0.25) is 0 Å². The normalized spacial score (nSPS) is 13.8. The first-order chi connectivity index (χ1) is 18.1. The molecule has 1 aliphatic heterocycles. The van der Waals surface area contributed by atoms with Gasteiger partial charge in [-0.2, -0.15) is 0 Å². The van der Waals surface area contributed by atoms with E-state index < -0.39 is 5.82 Å². The zero-order chi connectivity index (χ0) is 25.4. The smallest absolute Gasteiger partial charge is 0.256 e. The Bertz CT molecular complexity index is 1590. The van der Waals surface area contributed by atoms with Gasteiger partial charge in [0.1, 0.15) is 18.0 Å². The SMILES string of the molecule is Cc1cccc(-n2cc(-c3ccccc3)c3c(N4CCN(C(=O)c5ccccc5F)CC4)ncnc32)c1. The van der Waals surface area contributed by atoms with E-state index in [1.54, 1.807) is 23.4 Å². The second-order valence-corrected chi connectivity index (χ2v) is 9.27. The molecule has 0 N–H and O–H groups in total. The third-order valence-electron chi connectivity index (χ3n) is 6.90. The Morgan fingerprint density at radius 3 is 2.38 bits per heavy atom. The summed E-state index contributed by atoms with van der Waals surface area (Å²) in [5.41, 5.74) is 5.30. The van der Waals surface area contributed by atoms with Crippen molar-refractivity contribution in [2.45, 2.75) is 6.92 Å². The van der Waals surface area contributed by atoms with Crippen LogP contribution in [0, 0.1) is 12.7 Å². The number of anilines is 1. The van der Waals surface area contributed by atoms with Gasteiger partial charge in [-0.25, -0.2) is 14.4 Å². The summed E-state index contributed by atoms with van der Waals surface area (Å²) in [4.78, 5) is 26.3. The van der Waals surface area contributed by atoms with Crippen molar-refractivity contribution < 1.29 is 9.18 Å². The van der Waals surface area contributed by atoms with Gasteiger partial charge in [-0.05, 0) is 42.3 Å². The van der Waals surface area contributed by atoms with Crippen molar-refractivity contribution >= 4 is 22.8 Å². The number of rotatable bonds is 4. The van der Waals surface area contributed by atoms with Crippen LogP contribution >= 0.6 is 0 Å². The van der Waals surface area contributed by atoms with Gasteiger partial charge in [0.05, 0.1) is 10.9 Å². The highest BCUT2D eigenvalue weighted by Crippen LogP contribution is 2.37. The number of hydrogen-bond donors (Lipinski definition) is 0. The first-order valence-electron chi connectivity index (χ1n) is 12.4. The van der Waals surface area contributed by atoms with Crippen LogP contribution in [0.4, 0.5) is 10.2 Å². The topological polar surface area (TPSA) is 54.3 Å². The lowest BCUT2D eigenvalue weighted by Crippen LogP contribution is -2.49. The number of carbonyl (C=O) groups is 1. The summed E-state index contributed by atoms with van der Waals surface area (Å²) < 4.78 is 16.3. The minimum atomic E-state index is -0.488. The molecule has 6 nitrogen and oxygen atoms in total. The number of aryl methyl sites for hydroxylation is 1. The Morgan fingerprint density at radius 1 is 0.865 bits per heavy atom. The third-order valence-corrected chi connectivity index (χ3v) is 6.90. The highest BCUT2D eigenvalue weighted by atomic mass is 19.1. The van der Waals surface area contributed by atoms with Gasteiger partial charge in [0, 0.05) is 43.6 Å². The van der Waals surface area contributed by atoms with Crippen molar-refractivity contribution in [1.29, 1.82) is 0 Å². The molecule has 1 fully saturated rings. The molecular weight excluding hydrogens is 465 g/mol. The third kappa shape index (κ3) is 4.22. The van der Waals surface area contributed by atoms with E-state index in [1.807, 2.05) is 24.3 Å². The van der Waals surface area contributed by atoms with E-state index in [-0.39, 0.29) is 11.5 Å². The molecule has 1 saturated heterocycles. The van der Waals surface area contributed by atoms with Gasteiger partial charge in [-0.15, -0.1) is 0 Å². The van der Waals surface area contributed by atoms with Gasteiger partial charge in [0.25, 0.3) is 5.91 Å². The van der Waals surface area contributed by atoms with Crippen LogP contribution in [0.2, 0.25) is 0 Å². The molecule has 184 valence electrons.